The summed E-state index contributed by atoms with van der Waals surface area (Å²) in [5.74, 6) is -1.81. The van der Waals surface area contributed by atoms with E-state index in [1.165, 1.54) is 6.07 Å². The van der Waals surface area contributed by atoms with E-state index < -0.39 is 29.8 Å². The molecule has 0 aromatic heterocycles. The van der Waals surface area contributed by atoms with Crippen molar-refractivity contribution < 1.29 is 19.1 Å². The predicted octanol–water partition coefficient (Wildman–Crippen LogP) is -0.0671. The molecule has 1 fully saturated rings. The molecule has 0 aliphatic heterocycles. The van der Waals surface area contributed by atoms with Gasteiger partial charge in [-0.1, -0.05) is 6.42 Å². The Labute approximate surface area is 111 Å². The number of nitriles is 1. The number of esters is 2. The van der Waals surface area contributed by atoms with Gasteiger partial charge in [0, 0.05) is 0 Å². The van der Waals surface area contributed by atoms with Gasteiger partial charge < -0.3 is 9.47 Å². The molecule has 7 heteroatoms. The third-order valence-electron chi connectivity index (χ3n) is 3.12. The maximum absolute atomic E-state index is 11.6. The molecule has 106 valence electrons. The van der Waals surface area contributed by atoms with Crippen LogP contribution in [0.3, 0.4) is 0 Å². The van der Waals surface area contributed by atoms with Crippen molar-refractivity contribution in [3.05, 3.63) is 0 Å². The zero-order chi connectivity index (χ0) is 14.5. The Balaban J connectivity index is 2.40. The Hall–Kier alpha value is -1.65. The maximum Gasteiger partial charge on any atom is 0.356 e. The molecular weight excluding hydrogens is 250 g/mol. The molecule has 0 aromatic carbocycles. The minimum Gasteiger partial charge on any atom is -0.457 e. The summed E-state index contributed by atoms with van der Waals surface area (Å²) in [6, 6.07) is 1.38. The van der Waals surface area contributed by atoms with E-state index in [2.05, 4.69) is 4.74 Å². The smallest absolute Gasteiger partial charge is 0.356 e. The van der Waals surface area contributed by atoms with Crippen LogP contribution in [0, 0.1) is 11.3 Å². The highest BCUT2D eigenvalue weighted by Gasteiger charge is 2.34. The number of ether oxygens (including phenoxy) is 2. The zero-order valence-corrected chi connectivity index (χ0v) is 11.0. The van der Waals surface area contributed by atoms with Crippen LogP contribution in [0.15, 0.2) is 0 Å². The van der Waals surface area contributed by atoms with Gasteiger partial charge in [0.25, 0.3) is 5.66 Å². The lowest BCUT2D eigenvalue weighted by atomic mass is 9.86. The Morgan fingerprint density at radius 1 is 1.32 bits per heavy atom. The second-order valence-electron chi connectivity index (χ2n) is 5.04. The fourth-order valence-electron chi connectivity index (χ4n) is 2.00. The summed E-state index contributed by atoms with van der Waals surface area (Å²) in [7, 11) is 0. The summed E-state index contributed by atoms with van der Waals surface area (Å²) >= 11 is 0. The second-order valence-corrected chi connectivity index (χ2v) is 5.04. The van der Waals surface area contributed by atoms with Crippen LogP contribution in [0.25, 0.3) is 0 Å². The Morgan fingerprint density at radius 3 is 2.42 bits per heavy atom. The highest BCUT2D eigenvalue weighted by molar-refractivity contribution is 5.85. The molecule has 0 atom stereocenters. The predicted molar refractivity (Wildman–Crippen MR) is 65.3 cm³/mol. The summed E-state index contributed by atoms with van der Waals surface area (Å²) in [6.07, 6.45) is 4.73. The van der Waals surface area contributed by atoms with Crippen molar-refractivity contribution in [1.82, 2.24) is 0 Å². The summed E-state index contributed by atoms with van der Waals surface area (Å²) in [5, 5.41) is 8.51. The molecule has 0 aromatic rings. The Morgan fingerprint density at radius 2 is 1.89 bits per heavy atom. The largest absolute Gasteiger partial charge is 0.457 e. The number of carbonyl (C=O) groups excluding carboxylic acids is 2. The second kappa shape index (κ2) is 5.99. The van der Waals surface area contributed by atoms with E-state index in [1.807, 2.05) is 6.92 Å². The van der Waals surface area contributed by atoms with Crippen molar-refractivity contribution >= 4 is 11.9 Å². The molecule has 0 amide bonds. The van der Waals surface area contributed by atoms with Gasteiger partial charge in [-0.15, -0.1) is 0 Å². The number of nitrogens with two attached hydrogens (primary N) is 2. The van der Waals surface area contributed by atoms with Crippen molar-refractivity contribution in [2.75, 3.05) is 6.61 Å². The molecule has 0 spiro atoms. The van der Waals surface area contributed by atoms with Gasteiger partial charge in [-0.25, -0.2) is 9.59 Å². The fourth-order valence-corrected chi connectivity index (χ4v) is 2.00. The molecular formula is C12H19N3O4. The molecule has 7 nitrogen and oxygen atoms in total. The number of hydrogen-bond acceptors (Lipinski definition) is 7. The van der Waals surface area contributed by atoms with Gasteiger partial charge >= 0.3 is 11.9 Å². The standard InChI is InChI=1S/C12H19N3O4/c1-11(5-3-2-4-6-11)19-9(16)7-18-10(17)12(14,15)8-13/h2-7,14-15H2,1H3. The molecule has 0 unspecified atom stereocenters. The molecule has 0 radical (unpaired) electrons. The minimum absolute atomic E-state index is 0.501. The molecule has 1 rings (SSSR count). The lowest BCUT2D eigenvalue weighted by Gasteiger charge is -2.33. The SMILES string of the molecule is CC1(OC(=O)COC(=O)C(N)(N)C#N)CCCCC1. The minimum atomic E-state index is -2.24. The first-order valence-electron chi connectivity index (χ1n) is 6.17. The van der Waals surface area contributed by atoms with Crippen molar-refractivity contribution in [2.45, 2.75) is 50.3 Å². The van der Waals surface area contributed by atoms with Crippen LogP contribution in [-0.2, 0) is 19.1 Å². The molecule has 0 bridgehead atoms. The summed E-state index contributed by atoms with van der Waals surface area (Å²) in [4.78, 5) is 22.8. The Kier molecular flexibility index (Phi) is 4.86. The van der Waals surface area contributed by atoms with Crippen LogP contribution in [0.5, 0.6) is 0 Å². The number of hydrogen-bond donors (Lipinski definition) is 2. The van der Waals surface area contributed by atoms with E-state index in [1.54, 1.807) is 0 Å². The van der Waals surface area contributed by atoms with E-state index in [-0.39, 0.29) is 0 Å². The van der Waals surface area contributed by atoms with Crippen molar-refractivity contribution in [3.8, 4) is 6.07 Å². The summed E-state index contributed by atoms with van der Waals surface area (Å²) in [6.45, 7) is 1.27. The van der Waals surface area contributed by atoms with Crippen molar-refractivity contribution in [2.24, 2.45) is 11.5 Å². The molecule has 19 heavy (non-hydrogen) atoms. The lowest BCUT2D eigenvalue weighted by molar-refractivity contribution is -0.172. The zero-order valence-electron chi connectivity index (χ0n) is 11.0. The van der Waals surface area contributed by atoms with Crippen LogP contribution in [-0.4, -0.2) is 29.8 Å². The lowest BCUT2D eigenvalue weighted by Crippen LogP contribution is -2.56. The fraction of sp³-hybridized carbons (Fsp3) is 0.750. The van der Waals surface area contributed by atoms with Gasteiger partial charge in [-0.05, 0) is 32.6 Å². The van der Waals surface area contributed by atoms with Crippen LogP contribution in [0.4, 0.5) is 0 Å². The van der Waals surface area contributed by atoms with Crippen LogP contribution in [0.2, 0.25) is 0 Å². The Bertz CT molecular complexity index is 394. The molecule has 0 heterocycles. The monoisotopic (exact) mass is 269 g/mol. The average Bonchev–Trinajstić information content (AvgIpc) is 2.36. The highest BCUT2D eigenvalue weighted by atomic mass is 16.6. The molecule has 4 N–H and O–H groups in total. The van der Waals surface area contributed by atoms with Crippen LogP contribution < -0.4 is 11.5 Å². The molecule has 0 saturated heterocycles. The topological polar surface area (TPSA) is 128 Å². The number of carbonyl (C=O) groups is 2. The third kappa shape index (κ3) is 4.50. The van der Waals surface area contributed by atoms with E-state index >= 15 is 0 Å². The van der Waals surface area contributed by atoms with Gasteiger partial charge in [-0.3, -0.25) is 11.5 Å². The van der Waals surface area contributed by atoms with Gasteiger partial charge in [0.15, 0.2) is 6.61 Å². The van der Waals surface area contributed by atoms with Crippen LogP contribution in [0.1, 0.15) is 39.0 Å². The van der Waals surface area contributed by atoms with Gasteiger partial charge in [-0.2, -0.15) is 5.26 Å². The third-order valence-corrected chi connectivity index (χ3v) is 3.12. The van der Waals surface area contributed by atoms with E-state index in [0.29, 0.717) is 0 Å². The first-order chi connectivity index (χ1) is 8.79. The highest BCUT2D eigenvalue weighted by Crippen LogP contribution is 2.31. The van der Waals surface area contributed by atoms with Crippen LogP contribution >= 0.6 is 0 Å². The van der Waals surface area contributed by atoms with Crippen molar-refractivity contribution in [3.63, 3.8) is 0 Å². The molecule has 1 saturated carbocycles. The normalized spacial score (nSPS) is 18.2. The number of nitrogens with zero attached hydrogens (tertiary/aromatic N) is 1. The quantitative estimate of drug-likeness (QED) is 0.540. The summed E-state index contributed by atoms with van der Waals surface area (Å²) in [5.41, 5.74) is 7.55. The first kappa shape index (κ1) is 15.4. The summed E-state index contributed by atoms with van der Waals surface area (Å²) < 4.78 is 9.85. The average molecular weight is 269 g/mol. The van der Waals surface area contributed by atoms with E-state index in [0.717, 1.165) is 32.1 Å². The maximum atomic E-state index is 11.6. The molecule has 1 aliphatic carbocycles. The van der Waals surface area contributed by atoms with E-state index in [4.69, 9.17) is 21.5 Å². The van der Waals surface area contributed by atoms with Gasteiger partial charge in [0.1, 0.15) is 11.7 Å². The molecule has 1 aliphatic rings. The van der Waals surface area contributed by atoms with Crippen molar-refractivity contribution in [1.29, 1.82) is 5.26 Å². The van der Waals surface area contributed by atoms with E-state index in [9.17, 15) is 9.59 Å². The first-order valence-corrected chi connectivity index (χ1v) is 6.17. The van der Waals surface area contributed by atoms with Gasteiger partial charge in [0.05, 0.1) is 0 Å². The van der Waals surface area contributed by atoms with Gasteiger partial charge in [0.2, 0.25) is 0 Å². The number of rotatable bonds is 4.